The number of nitrogens with one attached hydrogen (secondary N) is 2. The minimum Gasteiger partial charge on any atom is -0.433 e. The normalized spacial score (nSPS) is 12.7. The van der Waals surface area contributed by atoms with Crippen LogP contribution in [0.25, 0.3) is 0 Å². The van der Waals surface area contributed by atoms with Crippen molar-refractivity contribution in [2.24, 2.45) is 0 Å². The van der Waals surface area contributed by atoms with E-state index in [1.54, 1.807) is 6.92 Å². The fraction of sp³-hybridized carbons (Fsp3) is 0.312. The Bertz CT molecular complexity index is 737. The highest BCUT2D eigenvalue weighted by Crippen LogP contribution is 2.30. The summed E-state index contributed by atoms with van der Waals surface area (Å²) in [6.07, 6.45) is 0. The molecule has 0 radical (unpaired) electrons. The Morgan fingerprint density at radius 1 is 1.33 bits per heavy atom. The van der Waals surface area contributed by atoms with Gasteiger partial charge in [0.05, 0.1) is 0 Å². The lowest BCUT2D eigenvalue weighted by Crippen LogP contribution is -2.22. The number of ether oxygens (including phenoxy) is 1. The Morgan fingerprint density at radius 2 is 2.08 bits per heavy atom. The molecule has 2 aromatic rings. The molecule has 0 saturated heterocycles. The third kappa shape index (κ3) is 4.23. The zero-order valence-electron chi connectivity index (χ0n) is 12.9. The van der Waals surface area contributed by atoms with Gasteiger partial charge in [-0.2, -0.15) is 8.78 Å². The van der Waals surface area contributed by atoms with Crippen molar-refractivity contribution in [3.05, 3.63) is 50.7 Å². The number of carbonyl (C=O) groups is 1. The van der Waals surface area contributed by atoms with Crippen LogP contribution in [0.3, 0.4) is 0 Å². The summed E-state index contributed by atoms with van der Waals surface area (Å²) in [6, 6.07) is 7.50. The van der Waals surface area contributed by atoms with Crippen molar-refractivity contribution in [1.82, 2.24) is 10.6 Å². The molecule has 0 fully saturated rings. The zero-order chi connectivity index (χ0) is 16.4. The van der Waals surface area contributed by atoms with Gasteiger partial charge in [0.25, 0.3) is 5.91 Å². The second-order valence-corrected chi connectivity index (χ2v) is 6.57. The average Bonchev–Trinajstić information content (AvgIpc) is 3.10. The van der Waals surface area contributed by atoms with Gasteiger partial charge in [0, 0.05) is 24.5 Å². The predicted molar refractivity (Wildman–Crippen MR) is 91.1 cm³/mol. The quantitative estimate of drug-likeness (QED) is 0.840. The molecule has 1 aromatic heterocycles. The van der Waals surface area contributed by atoms with E-state index in [0.29, 0.717) is 6.54 Å². The van der Waals surface area contributed by atoms with E-state index >= 15 is 0 Å². The maximum atomic E-state index is 12.4. The molecule has 130 valence electrons. The minimum atomic E-state index is -2.94. The van der Waals surface area contributed by atoms with Gasteiger partial charge in [-0.25, -0.2) is 0 Å². The molecular weight excluding hydrogens is 358 g/mol. The van der Waals surface area contributed by atoms with Crippen molar-refractivity contribution in [2.45, 2.75) is 33.2 Å². The second kappa shape index (κ2) is 7.92. The van der Waals surface area contributed by atoms with Crippen molar-refractivity contribution in [3.8, 4) is 5.75 Å². The highest BCUT2D eigenvalue weighted by atomic mass is 35.5. The minimum absolute atomic E-state index is 0. The van der Waals surface area contributed by atoms with Crippen LogP contribution in [0.5, 0.6) is 5.75 Å². The van der Waals surface area contributed by atoms with Crippen molar-refractivity contribution in [3.63, 3.8) is 0 Å². The van der Waals surface area contributed by atoms with Gasteiger partial charge >= 0.3 is 6.61 Å². The molecule has 0 saturated carbocycles. The number of hydrogen-bond donors (Lipinski definition) is 2. The van der Waals surface area contributed by atoms with E-state index in [9.17, 15) is 13.6 Å². The van der Waals surface area contributed by atoms with E-state index in [1.165, 1.54) is 17.2 Å². The van der Waals surface area contributed by atoms with Gasteiger partial charge in [0.1, 0.15) is 10.6 Å². The van der Waals surface area contributed by atoms with Crippen molar-refractivity contribution in [2.75, 3.05) is 0 Å². The van der Waals surface area contributed by atoms with Crippen LogP contribution in [-0.4, -0.2) is 12.5 Å². The number of fused-ring (bicyclic) bond motifs is 1. The lowest BCUT2D eigenvalue weighted by atomic mass is 10.1. The zero-order valence-corrected chi connectivity index (χ0v) is 14.5. The second-order valence-electron chi connectivity index (χ2n) is 5.32. The van der Waals surface area contributed by atoms with Crippen LogP contribution in [0.2, 0.25) is 0 Å². The van der Waals surface area contributed by atoms with E-state index < -0.39 is 12.5 Å². The molecule has 3 rings (SSSR count). The number of aryl methyl sites for hydroxylation is 1. The van der Waals surface area contributed by atoms with Crippen molar-refractivity contribution >= 4 is 29.7 Å². The third-order valence-corrected chi connectivity index (χ3v) is 4.63. The summed E-state index contributed by atoms with van der Waals surface area (Å²) >= 11 is 1.14. The molecule has 0 bridgehead atoms. The van der Waals surface area contributed by atoms with Gasteiger partial charge in [-0.15, -0.1) is 23.7 Å². The SMILES string of the molecule is Cc1cc(OC(F)F)c(C(=O)NCc2ccc3c(c2)CNC3)s1.Cl. The summed E-state index contributed by atoms with van der Waals surface area (Å²) in [7, 11) is 0. The summed E-state index contributed by atoms with van der Waals surface area (Å²) in [5.41, 5.74) is 3.47. The van der Waals surface area contributed by atoms with E-state index in [4.69, 9.17) is 0 Å². The first-order valence-electron chi connectivity index (χ1n) is 7.18. The highest BCUT2D eigenvalue weighted by Gasteiger charge is 2.19. The summed E-state index contributed by atoms with van der Waals surface area (Å²) in [4.78, 5) is 13.1. The molecule has 0 unspecified atom stereocenters. The lowest BCUT2D eigenvalue weighted by molar-refractivity contribution is -0.0498. The molecule has 2 heterocycles. The number of benzene rings is 1. The Hall–Kier alpha value is -1.70. The van der Waals surface area contributed by atoms with Crippen LogP contribution in [0.15, 0.2) is 24.3 Å². The van der Waals surface area contributed by atoms with Crippen LogP contribution >= 0.6 is 23.7 Å². The van der Waals surface area contributed by atoms with Gasteiger partial charge in [0.2, 0.25) is 0 Å². The first-order chi connectivity index (χ1) is 11.0. The largest absolute Gasteiger partial charge is 0.433 e. The van der Waals surface area contributed by atoms with E-state index in [1.807, 2.05) is 18.2 Å². The molecule has 1 aliphatic heterocycles. The Balaban J connectivity index is 0.00000208. The maximum absolute atomic E-state index is 12.4. The number of carbonyl (C=O) groups excluding carboxylic acids is 1. The Labute approximate surface area is 148 Å². The van der Waals surface area contributed by atoms with E-state index in [2.05, 4.69) is 15.4 Å². The van der Waals surface area contributed by atoms with Crippen molar-refractivity contribution < 1.29 is 18.3 Å². The molecule has 0 spiro atoms. The fourth-order valence-corrected chi connectivity index (χ4v) is 3.41. The molecule has 1 aliphatic rings. The topological polar surface area (TPSA) is 50.4 Å². The molecule has 24 heavy (non-hydrogen) atoms. The molecule has 1 amide bonds. The van der Waals surface area contributed by atoms with Crippen molar-refractivity contribution in [1.29, 1.82) is 0 Å². The Kier molecular flexibility index (Phi) is 6.15. The molecule has 4 nitrogen and oxygen atoms in total. The summed E-state index contributed by atoms with van der Waals surface area (Å²) in [5.74, 6) is -0.476. The number of alkyl halides is 2. The maximum Gasteiger partial charge on any atom is 0.387 e. The van der Waals surface area contributed by atoms with Gasteiger partial charge in [-0.1, -0.05) is 18.2 Å². The first-order valence-corrected chi connectivity index (χ1v) is 7.99. The standard InChI is InChI=1S/C16H16F2N2O2S.ClH/c1-9-4-13(22-16(17)18)14(23-9)15(21)20-6-10-2-3-11-7-19-8-12(11)5-10;/h2-5,16,19H,6-8H2,1H3,(H,20,21);1H. The molecule has 8 heteroatoms. The van der Waals surface area contributed by atoms with Gasteiger partial charge in [0.15, 0.2) is 0 Å². The summed E-state index contributed by atoms with van der Waals surface area (Å²) in [6.45, 7) is 0.836. The summed E-state index contributed by atoms with van der Waals surface area (Å²) in [5, 5.41) is 6.02. The van der Waals surface area contributed by atoms with E-state index in [0.717, 1.165) is 34.9 Å². The fourth-order valence-electron chi connectivity index (χ4n) is 2.55. The van der Waals surface area contributed by atoms with E-state index in [-0.39, 0.29) is 23.0 Å². The summed E-state index contributed by atoms with van der Waals surface area (Å²) < 4.78 is 29.2. The molecule has 0 aliphatic carbocycles. The number of hydrogen-bond acceptors (Lipinski definition) is 4. The number of amides is 1. The monoisotopic (exact) mass is 374 g/mol. The van der Waals surface area contributed by atoms with Gasteiger partial charge in [-0.05, 0) is 29.7 Å². The van der Waals surface area contributed by atoms with Crippen LogP contribution in [0.4, 0.5) is 8.78 Å². The molecular formula is C16H17ClF2N2O2S. The molecule has 1 aromatic carbocycles. The number of thiophene rings is 1. The van der Waals surface area contributed by atoms with Gasteiger partial charge < -0.3 is 15.4 Å². The van der Waals surface area contributed by atoms with Crippen LogP contribution < -0.4 is 15.4 Å². The lowest BCUT2D eigenvalue weighted by Gasteiger charge is -2.08. The number of halogens is 3. The predicted octanol–water partition coefficient (Wildman–Crippen LogP) is 3.61. The first kappa shape index (κ1) is 18.6. The average molecular weight is 375 g/mol. The molecule has 0 atom stereocenters. The third-order valence-electron chi connectivity index (χ3n) is 3.60. The number of rotatable bonds is 5. The Morgan fingerprint density at radius 3 is 2.83 bits per heavy atom. The van der Waals surface area contributed by atoms with Crippen LogP contribution in [-0.2, 0) is 19.6 Å². The molecule has 2 N–H and O–H groups in total. The highest BCUT2D eigenvalue weighted by molar-refractivity contribution is 7.14. The smallest absolute Gasteiger partial charge is 0.387 e. The van der Waals surface area contributed by atoms with Crippen LogP contribution in [0, 0.1) is 6.92 Å². The van der Waals surface area contributed by atoms with Crippen LogP contribution in [0.1, 0.15) is 31.2 Å². The van der Waals surface area contributed by atoms with Gasteiger partial charge in [-0.3, -0.25) is 4.79 Å².